The van der Waals surface area contributed by atoms with E-state index in [9.17, 15) is 9.18 Å². The van der Waals surface area contributed by atoms with Gasteiger partial charge in [0.25, 0.3) is 0 Å². The number of rotatable bonds is 12. The third-order valence-corrected chi connectivity index (χ3v) is 7.73. The lowest BCUT2D eigenvalue weighted by Crippen LogP contribution is -2.48. The van der Waals surface area contributed by atoms with Gasteiger partial charge in [-0.25, -0.2) is 18.3 Å². The van der Waals surface area contributed by atoms with Crippen LogP contribution in [0.5, 0.6) is 0 Å². The fourth-order valence-corrected chi connectivity index (χ4v) is 5.80. The van der Waals surface area contributed by atoms with Crippen LogP contribution in [0.4, 0.5) is 8.78 Å². The van der Waals surface area contributed by atoms with E-state index in [1.165, 1.54) is 10.7 Å². The largest absolute Gasteiger partial charge is 0.375 e. The van der Waals surface area contributed by atoms with E-state index < -0.39 is 6.17 Å². The van der Waals surface area contributed by atoms with Crippen molar-refractivity contribution in [2.75, 3.05) is 13.2 Å². The van der Waals surface area contributed by atoms with Crippen molar-refractivity contribution in [2.24, 2.45) is 0 Å². The van der Waals surface area contributed by atoms with Crippen molar-refractivity contribution in [3.05, 3.63) is 87.9 Å². The molecule has 3 aromatic rings. The Morgan fingerprint density at radius 1 is 1.00 bits per heavy atom. The standard InChI is InChI=1S/C29H36F2N4O3/c1-21-32-35(29(36)33(21)13-14-37-19-22-7-3-2-4-8-22)18-24(30)17-34-25-11-12-26(34)16-27(15-25)38-20-23-9-5-6-10-28(23)31/h2-10,24-27H,11-20H2,1H3. The highest BCUT2D eigenvalue weighted by molar-refractivity contribution is 5.16. The molecule has 0 radical (unpaired) electrons. The molecule has 2 aliphatic heterocycles. The van der Waals surface area contributed by atoms with Gasteiger partial charge in [-0.15, -0.1) is 0 Å². The summed E-state index contributed by atoms with van der Waals surface area (Å²) >= 11 is 0. The minimum absolute atomic E-state index is 0.0477. The number of alkyl halides is 1. The van der Waals surface area contributed by atoms with Gasteiger partial charge < -0.3 is 9.47 Å². The molecule has 7 nitrogen and oxygen atoms in total. The summed E-state index contributed by atoms with van der Waals surface area (Å²) in [5.41, 5.74) is 1.33. The first kappa shape index (κ1) is 26.7. The molecule has 0 saturated carbocycles. The number of hydrogen-bond acceptors (Lipinski definition) is 5. The molecule has 3 atom stereocenters. The predicted octanol–water partition coefficient (Wildman–Crippen LogP) is 4.26. The number of hydrogen-bond donors (Lipinski definition) is 0. The summed E-state index contributed by atoms with van der Waals surface area (Å²) < 4.78 is 43.7. The maximum Gasteiger partial charge on any atom is 0.346 e. The smallest absolute Gasteiger partial charge is 0.346 e. The van der Waals surface area contributed by atoms with Gasteiger partial charge in [0.2, 0.25) is 0 Å². The Morgan fingerprint density at radius 2 is 1.71 bits per heavy atom. The molecule has 38 heavy (non-hydrogen) atoms. The van der Waals surface area contributed by atoms with Gasteiger partial charge in [0.1, 0.15) is 17.8 Å². The predicted molar refractivity (Wildman–Crippen MR) is 140 cm³/mol. The molecule has 0 aliphatic carbocycles. The molecular weight excluding hydrogens is 490 g/mol. The van der Waals surface area contributed by atoms with Crippen LogP contribution in [0.15, 0.2) is 59.4 Å². The Balaban J connectivity index is 1.09. The van der Waals surface area contributed by atoms with Gasteiger partial charge in [0, 0.05) is 24.2 Å². The fraction of sp³-hybridized carbons (Fsp3) is 0.517. The van der Waals surface area contributed by atoms with Crippen molar-refractivity contribution in [1.82, 2.24) is 19.2 Å². The van der Waals surface area contributed by atoms with E-state index in [2.05, 4.69) is 10.00 Å². The number of benzene rings is 2. The molecule has 9 heteroatoms. The second kappa shape index (κ2) is 12.3. The first-order valence-corrected chi connectivity index (χ1v) is 13.5. The second-order valence-corrected chi connectivity index (χ2v) is 10.4. The number of ether oxygens (including phenoxy) is 2. The average Bonchev–Trinajstić information content (AvgIpc) is 3.30. The van der Waals surface area contributed by atoms with Crippen molar-refractivity contribution in [2.45, 2.75) is 83.3 Å². The molecule has 0 amide bonds. The first-order chi connectivity index (χ1) is 18.5. The van der Waals surface area contributed by atoms with Crippen LogP contribution in [-0.4, -0.2) is 56.8 Å². The Morgan fingerprint density at radius 3 is 2.45 bits per heavy atom. The third kappa shape index (κ3) is 6.39. The van der Waals surface area contributed by atoms with Crippen molar-refractivity contribution in [1.29, 1.82) is 0 Å². The quantitative estimate of drug-likeness (QED) is 0.330. The molecule has 0 spiro atoms. The van der Waals surface area contributed by atoms with Gasteiger partial charge in [-0.3, -0.25) is 9.47 Å². The van der Waals surface area contributed by atoms with Gasteiger partial charge in [-0.1, -0.05) is 48.5 Å². The van der Waals surface area contributed by atoms with E-state index in [1.54, 1.807) is 23.6 Å². The van der Waals surface area contributed by atoms with E-state index in [4.69, 9.17) is 9.47 Å². The van der Waals surface area contributed by atoms with Crippen LogP contribution in [0.2, 0.25) is 0 Å². The van der Waals surface area contributed by atoms with Crippen LogP contribution < -0.4 is 5.69 Å². The highest BCUT2D eigenvalue weighted by Gasteiger charge is 2.42. The normalized spacial score (nSPS) is 22.1. The van der Waals surface area contributed by atoms with Crippen LogP contribution in [0.1, 0.15) is 42.6 Å². The summed E-state index contributed by atoms with van der Waals surface area (Å²) in [5, 5.41) is 4.31. The van der Waals surface area contributed by atoms with E-state index >= 15 is 4.39 Å². The Bertz CT molecular complexity index is 1230. The lowest BCUT2D eigenvalue weighted by molar-refractivity contribution is -0.0349. The van der Waals surface area contributed by atoms with Crippen LogP contribution in [0.3, 0.4) is 0 Å². The highest BCUT2D eigenvalue weighted by atomic mass is 19.1. The summed E-state index contributed by atoms with van der Waals surface area (Å²) in [5.74, 6) is 0.305. The van der Waals surface area contributed by atoms with E-state index in [-0.39, 0.29) is 49.4 Å². The zero-order valence-corrected chi connectivity index (χ0v) is 21.8. The van der Waals surface area contributed by atoms with Crippen LogP contribution in [0, 0.1) is 12.7 Å². The lowest BCUT2D eigenvalue weighted by Gasteiger charge is -2.39. The van der Waals surface area contributed by atoms with Crippen molar-refractivity contribution in [3.63, 3.8) is 0 Å². The summed E-state index contributed by atoms with van der Waals surface area (Å²) in [6.45, 7) is 3.44. The van der Waals surface area contributed by atoms with E-state index in [0.29, 0.717) is 31.1 Å². The fourth-order valence-electron chi connectivity index (χ4n) is 5.80. The maximum absolute atomic E-state index is 15.2. The molecule has 204 valence electrons. The van der Waals surface area contributed by atoms with Crippen molar-refractivity contribution >= 4 is 0 Å². The topological polar surface area (TPSA) is 61.5 Å². The van der Waals surface area contributed by atoms with E-state index in [0.717, 1.165) is 31.2 Å². The van der Waals surface area contributed by atoms with Crippen LogP contribution >= 0.6 is 0 Å². The molecule has 3 unspecified atom stereocenters. The van der Waals surface area contributed by atoms with Crippen LogP contribution in [-0.2, 0) is 35.8 Å². The minimum Gasteiger partial charge on any atom is -0.375 e. The molecule has 5 rings (SSSR count). The summed E-state index contributed by atoms with van der Waals surface area (Å²) in [4.78, 5) is 15.1. The van der Waals surface area contributed by atoms with Gasteiger partial charge in [0.05, 0.1) is 39.0 Å². The van der Waals surface area contributed by atoms with Gasteiger partial charge in [-0.05, 0) is 44.2 Å². The lowest BCUT2D eigenvalue weighted by atomic mass is 9.99. The molecule has 0 N–H and O–H groups in total. The van der Waals surface area contributed by atoms with Gasteiger partial charge >= 0.3 is 5.69 Å². The van der Waals surface area contributed by atoms with Crippen molar-refractivity contribution in [3.8, 4) is 0 Å². The molecule has 2 aliphatic rings. The summed E-state index contributed by atoms with van der Waals surface area (Å²) in [6, 6.07) is 17.0. The second-order valence-electron chi connectivity index (χ2n) is 10.4. The molecule has 2 saturated heterocycles. The Kier molecular flexibility index (Phi) is 8.66. The van der Waals surface area contributed by atoms with Crippen LogP contribution in [0.25, 0.3) is 0 Å². The molecule has 2 fully saturated rings. The summed E-state index contributed by atoms with van der Waals surface area (Å²) in [6.07, 6.45) is 2.49. The maximum atomic E-state index is 15.2. The first-order valence-electron chi connectivity index (χ1n) is 13.5. The Labute approximate surface area is 222 Å². The molecular formula is C29H36F2N4O3. The number of piperidine rings is 1. The Hall–Kier alpha value is -2.88. The molecule has 2 bridgehead atoms. The minimum atomic E-state index is -1.20. The monoisotopic (exact) mass is 526 g/mol. The third-order valence-electron chi connectivity index (χ3n) is 7.73. The summed E-state index contributed by atoms with van der Waals surface area (Å²) in [7, 11) is 0. The van der Waals surface area contributed by atoms with Gasteiger partial charge in [-0.2, -0.15) is 5.10 Å². The van der Waals surface area contributed by atoms with E-state index in [1.807, 2.05) is 36.4 Å². The number of aryl methyl sites for hydroxylation is 1. The molecule has 2 aromatic carbocycles. The molecule has 3 heterocycles. The van der Waals surface area contributed by atoms with Gasteiger partial charge in [0.15, 0.2) is 0 Å². The van der Waals surface area contributed by atoms with Crippen molar-refractivity contribution < 1.29 is 18.3 Å². The number of fused-ring (bicyclic) bond motifs is 2. The number of nitrogens with zero attached hydrogens (tertiary/aromatic N) is 4. The number of aromatic nitrogens is 3. The highest BCUT2D eigenvalue weighted by Crippen LogP contribution is 2.37. The molecule has 1 aromatic heterocycles. The average molecular weight is 527 g/mol. The SMILES string of the molecule is Cc1nn(CC(F)CN2C3CCC2CC(OCc2ccccc2F)C3)c(=O)n1CCOCc1ccccc1. The zero-order chi connectivity index (χ0) is 26.5. The number of halogens is 2. The zero-order valence-electron chi connectivity index (χ0n) is 21.8.